The Kier molecular flexibility index (Phi) is 5.61. The zero-order valence-corrected chi connectivity index (χ0v) is 20.6. The van der Waals surface area contributed by atoms with E-state index in [0.29, 0.717) is 40.4 Å². The molecule has 0 unspecified atom stereocenters. The fraction of sp³-hybridized carbons (Fsp3) is 0.429. The number of carbonyl (C=O) groups is 1. The molecular formula is C28H30ClN3O3. The molecule has 1 saturated heterocycles. The monoisotopic (exact) mass is 491 g/mol. The van der Waals surface area contributed by atoms with Crippen molar-refractivity contribution in [2.24, 2.45) is 11.8 Å². The molecule has 182 valence electrons. The molecule has 3 fully saturated rings. The van der Waals surface area contributed by atoms with Crippen molar-refractivity contribution < 1.29 is 14.6 Å². The highest BCUT2D eigenvalue weighted by Gasteiger charge is 2.46. The van der Waals surface area contributed by atoms with E-state index in [1.807, 2.05) is 25.1 Å². The van der Waals surface area contributed by atoms with Gasteiger partial charge < -0.3 is 20.1 Å². The summed E-state index contributed by atoms with van der Waals surface area (Å²) < 4.78 is 6.41. The zero-order chi connectivity index (χ0) is 24.3. The summed E-state index contributed by atoms with van der Waals surface area (Å²) >= 11 is 6.45. The molecule has 1 amide bonds. The largest absolute Gasteiger partial charge is 0.512 e. The summed E-state index contributed by atoms with van der Waals surface area (Å²) in [5.41, 5.74) is 5.46. The molecule has 3 N–H and O–H groups in total. The molecule has 2 heterocycles. The number of aliphatic hydroxyl groups is 1. The van der Waals surface area contributed by atoms with Gasteiger partial charge in [-0.1, -0.05) is 23.7 Å². The van der Waals surface area contributed by atoms with Gasteiger partial charge in [0.15, 0.2) is 0 Å². The van der Waals surface area contributed by atoms with Gasteiger partial charge in [-0.05, 0) is 68.0 Å². The van der Waals surface area contributed by atoms with Crippen LogP contribution in [0.15, 0.2) is 47.7 Å². The second kappa shape index (κ2) is 8.68. The predicted molar refractivity (Wildman–Crippen MR) is 137 cm³/mol. The summed E-state index contributed by atoms with van der Waals surface area (Å²) in [5, 5.41) is 23.2. The third-order valence-corrected chi connectivity index (χ3v) is 8.39. The maximum atomic E-state index is 11.9. The molecule has 0 aromatic heterocycles. The molecule has 2 aromatic rings. The highest BCUT2D eigenvalue weighted by molar-refractivity contribution is 6.35. The van der Waals surface area contributed by atoms with E-state index in [2.05, 4.69) is 22.3 Å². The second-order valence-electron chi connectivity index (χ2n) is 10.4. The third kappa shape index (κ3) is 4.03. The number of halogens is 1. The number of allylic oxidation sites excluding steroid dienone is 1. The van der Waals surface area contributed by atoms with E-state index in [1.54, 1.807) is 6.07 Å². The van der Waals surface area contributed by atoms with Gasteiger partial charge in [0.1, 0.15) is 5.76 Å². The molecule has 2 aliphatic heterocycles. The summed E-state index contributed by atoms with van der Waals surface area (Å²) in [5.74, 6) is 0.848. The lowest BCUT2D eigenvalue weighted by Gasteiger charge is -2.33. The van der Waals surface area contributed by atoms with E-state index in [9.17, 15) is 9.90 Å². The lowest BCUT2D eigenvalue weighted by molar-refractivity contribution is 0.0390. The van der Waals surface area contributed by atoms with Crippen LogP contribution in [-0.2, 0) is 11.3 Å². The van der Waals surface area contributed by atoms with E-state index >= 15 is 0 Å². The van der Waals surface area contributed by atoms with Crippen LogP contribution in [0.4, 0.5) is 5.69 Å². The van der Waals surface area contributed by atoms with Gasteiger partial charge in [-0.3, -0.25) is 10.2 Å². The number of fused-ring (bicyclic) bond motifs is 3. The van der Waals surface area contributed by atoms with Crippen molar-refractivity contribution >= 4 is 28.9 Å². The van der Waals surface area contributed by atoms with E-state index in [-0.39, 0.29) is 30.2 Å². The first kappa shape index (κ1) is 22.6. The number of piperidine rings is 1. The van der Waals surface area contributed by atoms with Crippen LogP contribution in [0.25, 0.3) is 0 Å². The highest BCUT2D eigenvalue weighted by atomic mass is 35.5. The zero-order valence-electron chi connectivity index (χ0n) is 19.8. The fourth-order valence-corrected chi connectivity index (χ4v) is 6.31. The number of hydrogen-bond donors (Lipinski definition) is 3. The van der Waals surface area contributed by atoms with Gasteiger partial charge in [0.25, 0.3) is 5.91 Å². The number of aryl methyl sites for hydroxylation is 1. The van der Waals surface area contributed by atoms with Crippen LogP contribution in [-0.4, -0.2) is 42.0 Å². The lowest BCUT2D eigenvalue weighted by atomic mass is 9.96. The molecule has 2 saturated carbocycles. The first-order chi connectivity index (χ1) is 16.9. The molecule has 6 nitrogen and oxygen atoms in total. The number of aliphatic hydroxyl groups excluding tert-OH is 1. The standard InChI is InChI=1S/C28H30ClN3O3/c1-15-3-2-4-23(29)25(15)26(30)22(27(33)16-5-6-16)14-35-24-11-20-10-18(24)13-32(20)19-7-8-21-17(9-19)12-31-28(21)34/h2-4,7-9,16,18,20,24,30,33H,5-6,10-14H2,1H3,(H,31,34)/b27-22-,30-26?/t18-,20-,24+/m0/s1. The van der Waals surface area contributed by atoms with Crippen LogP contribution in [0.3, 0.4) is 0 Å². The van der Waals surface area contributed by atoms with Crippen molar-refractivity contribution in [2.75, 3.05) is 18.1 Å². The minimum Gasteiger partial charge on any atom is -0.512 e. The third-order valence-electron chi connectivity index (χ3n) is 8.07. The topological polar surface area (TPSA) is 85.7 Å². The predicted octanol–water partition coefficient (Wildman–Crippen LogP) is 5.17. The van der Waals surface area contributed by atoms with Gasteiger partial charge in [-0.25, -0.2) is 0 Å². The quantitative estimate of drug-likeness (QED) is 0.368. The lowest BCUT2D eigenvalue weighted by Crippen LogP contribution is -2.39. The van der Waals surface area contributed by atoms with Crippen molar-refractivity contribution in [3.8, 4) is 0 Å². The fourth-order valence-electron chi connectivity index (χ4n) is 5.99. The number of anilines is 1. The van der Waals surface area contributed by atoms with Crippen molar-refractivity contribution in [3.05, 3.63) is 75.0 Å². The number of hydrogen-bond acceptors (Lipinski definition) is 5. The highest BCUT2D eigenvalue weighted by Crippen LogP contribution is 2.43. The van der Waals surface area contributed by atoms with Gasteiger partial charge in [0.05, 0.1) is 23.4 Å². The van der Waals surface area contributed by atoms with E-state index in [1.165, 1.54) is 5.69 Å². The Labute approximate surface area is 210 Å². The summed E-state index contributed by atoms with van der Waals surface area (Å²) in [6, 6.07) is 12.2. The molecule has 2 aliphatic carbocycles. The maximum Gasteiger partial charge on any atom is 0.251 e. The van der Waals surface area contributed by atoms with Crippen LogP contribution in [0, 0.1) is 24.2 Å². The first-order valence-electron chi connectivity index (χ1n) is 12.5. The Morgan fingerprint density at radius 3 is 2.80 bits per heavy atom. The van der Waals surface area contributed by atoms with Crippen molar-refractivity contribution in [3.63, 3.8) is 0 Å². The first-order valence-corrected chi connectivity index (χ1v) is 12.8. The summed E-state index contributed by atoms with van der Waals surface area (Å²) in [7, 11) is 0. The van der Waals surface area contributed by atoms with Crippen LogP contribution < -0.4 is 10.2 Å². The van der Waals surface area contributed by atoms with Gasteiger partial charge in [0.2, 0.25) is 0 Å². The molecule has 2 aromatic carbocycles. The van der Waals surface area contributed by atoms with Gasteiger partial charge in [-0.15, -0.1) is 0 Å². The summed E-state index contributed by atoms with van der Waals surface area (Å²) in [6.45, 7) is 3.69. The van der Waals surface area contributed by atoms with Crippen molar-refractivity contribution in [1.29, 1.82) is 5.41 Å². The van der Waals surface area contributed by atoms with Crippen LogP contribution >= 0.6 is 11.6 Å². The number of nitrogens with one attached hydrogen (secondary N) is 2. The van der Waals surface area contributed by atoms with Gasteiger partial charge in [-0.2, -0.15) is 0 Å². The summed E-state index contributed by atoms with van der Waals surface area (Å²) in [6.07, 6.45) is 4.02. The second-order valence-corrected chi connectivity index (χ2v) is 10.8. The van der Waals surface area contributed by atoms with Crippen LogP contribution in [0.5, 0.6) is 0 Å². The van der Waals surface area contributed by atoms with E-state index in [4.69, 9.17) is 21.7 Å². The van der Waals surface area contributed by atoms with E-state index < -0.39 is 0 Å². The summed E-state index contributed by atoms with van der Waals surface area (Å²) in [4.78, 5) is 14.3. The minimum absolute atomic E-state index is 0.0128. The molecule has 4 aliphatic rings. The van der Waals surface area contributed by atoms with Crippen molar-refractivity contribution in [1.82, 2.24) is 5.32 Å². The maximum absolute atomic E-state index is 11.9. The number of carbonyl (C=O) groups excluding carboxylic acids is 1. The minimum atomic E-state index is 0.0128. The normalized spacial score (nSPS) is 25.5. The Bertz CT molecular complexity index is 1230. The van der Waals surface area contributed by atoms with Crippen molar-refractivity contribution in [2.45, 2.75) is 51.3 Å². The number of ether oxygens (including phenoxy) is 1. The Morgan fingerprint density at radius 1 is 1.26 bits per heavy atom. The molecule has 0 radical (unpaired) electrons. The van der Waals surface area contributed by atoms with Crippen LogP contribution in [0.1, 0.15) is 52.7 Å². The molecule has 2 bridgehead atoms. The number of amides is 1. The molecule has 0 spiro atoms. The Hall–Kier alpha value is -2.83. The van der Waals surface area contributed by atoms with Gasteiger partial charge in [0, 0.05) is 53.4 Å². The van der Waals surface area contributed by atoms with Gasteiger partial charge >= 0.3 is 0 Å². The average molecular weight is 492 g/mol. The molecular weight excluding hydrogens is 462 g/mol. The SMILES string of the molecule is Cc1cccc(Cl)c1C(=N)/C(CO[C@@H]1C[C@@H]2C[C@H]1CN2c1ccc2c(c1)CNC2=O)=C(\O)C1CC1. The molecule has 7 heteroatoms. The number of benzene rings is 2. The average Bonchev–Trinajstić information content (AvgIpc) is 3.36. The number of rotatable bonds is 7. The Balaban J connectivity index is 1.15. The van der Waals surface area contributed by atoms with Crippen LogP contribution in [0.2, 0.25) is 5.02 Å². The Morgan fingerprint density at radius 2 is 2.09 bits per heavy atom. The molecule has 35 heavy (non-hydrogen) atoms. The number of nitrogens with zero attached hydrogens (tertiary/aromatic N) is 1. The molecule has 3 atom stereocenters. The molecule has 6 rings (SSSR count). The smallest absolute Gasteiger partial charge is 0.251 e. The van der Waals surface area contributed by atoms with E-state index in [0.717, 1.165) is 48.9 Å².